The molecule has 2 aromatic carbocycles. The Labute approximate surface area is 284 Å². The van der Waals surface area contributed by atoms with Crippen LogP contribution >= 0.6 is 0 Å². The fourth-order valence-corrected chi connectivity index (χ4v) is 8.35. The summed E-state index contributed by atoms with van der Waals surface area (Å²) in [5.74, 6) is -0.466. The van der Waals surface area contributed by atoms with E-state index in [-0.39, 0.29) is 21.6 Å². The van der Waals surface area contributed by atoms with Crippen LogP contribution in [0.2, 0.25) is 36.3 Å². The fraction of sp³-hybridized carbons (Fsp3) is 0.526. The lowest BCUT2D eigenvalue weighted by atomic mass is 9.67. The first-order valence-electron chi connectivity index (χ1n) is 16.8. The number of ketones is 2. The van der Waals surface area contributed by atoms with Crippen molar-refractivity contribution in [2.45, 2.75) is 129 Å². The van der Waals surface area contributed by atoms with Gasteiger partial charge in [-0.1, -0.05) is 77.9 Å². The number of carbonyl (C=O) groups is 2. The van der Waals surface area contributed by atoms with E-state index in [0.717, 1.165) is 22.3 Å². The van der Waals surface area contributed by atoms with Crippen LogP contribution in [0.4, 0.5) is 0 Å². The summed E-state index contributed by atoms with van der Waals surface area (Å²) in [4.78, 5) is 26.8. The van der Waals surface area contributed by atoms with Gasteiger partial charge in [-0.25, -0.2) is 0 Å². The van der Waals surface area contributed by atoms with Crippen molar-refractivity contribution in [3.05, 3.63) is 71.3 Å². The standard InChI is InChI=1S/C38H53BO6Si2/c1-35(2,3)46(11,12)42-33-27-18-16-15-17-25(27)26-20-21-29(39-44-37(7,8)38(9,10)45-39)31(28-23-24(40)19-22-30(28)41)32(26)34(33)43-47(13,14)36(4,5)6/h15-23,33-34H,1-14H3. The van der Waals surface area contributed by atoms with E-state index in [1.807, 2.05) is 39.8 Å². The Morgan fingerprint density at radius 2 is 1.26 bits per heavy atom. The zero-order chi connectivity index (χ0) is 35.1. The normalized spacial score (nSPS) is 22.7. The molecule has 0 radical (unpaired) electrons. The molecule has 252 valence electrons. The molecule has 2 unspecified atom stereocenters. The van der Waals surface area contributed by atoms with Gasteiger partial charge in [0.05, 0.1) is 11.2 Å². The summed E-state index contributed by atoms with van der Waals surface area (Å²) >= 11 is 0. The zero-order valence-electron chi connectivity index (χ0n) is 30.9. The smallest absolute Gasteiger partial charge is 0.407 e. The molecule has 0 amide bonds. The predicted octanol–water partition coefficient (Wildman–Crippen LogP) is 8.88. The molecule has 5 rings (SSSR count). The fourth-order valence-electron chi connectivity index (χ4n) is 5.88. The predicted molar refractivity (Wildman–Crippen MR) is 197 cm³/mol. The zero-order valence-corrected chi connectivity index (χ0v) is 32.9. The van der Waals surface area contributed by atoms with Gasteiger partial charge in [-0.2, -0.15) is 0 Å². The number of rotatable bonds is 6. The van der Waals surface area contributed by atoms with E-state index in [1.54, 1.807) is 0 Å². The number of hydrogen-bond acceptors (Lipinski definition) is 6. The second-order valence-corrected chi connectivity index (χ2v) is 26.9. The minimum atomic E-state index is -2.46. The topological polar surface area (TPSA) is 71.1 Å². The third-order valence-electron chi connectivity index (χ3n) is 11.6. The molecule has 0 bridgehead atoms. The number of fused-ring (bicyclic) bond motifs is 3. The van der Waals surface area contributed by atoms with E-state index in [0.29, 0.717) is 16.6 Å². The van der Waals surface area contributed by atoms with Crippen molar-refractivity contribution in [2.24, 2.45) is 0 Å². The number of carbonyl (C=O) groups excluding carboxylic acids is 2. The van der Waals surface area contributed by atoms with Crippen LogP contribution in [0.3, 0.4) is 0 Å². The van der Waals surface area contributed by atoms with Crippen LogP contribution in [0.25, 0.3) is 16.7 Å². The molecule has 47 heavy (non-hydrogen) atoms. The highest BCUT2D eigenvalue weighted by Crippen LogP contribution is 2.55. The first-order chi connectivity index (χ1) is 21.4. The summed E-state index contributed by atoms with van der Waals surface area (Å²) in [6, 6.07) is 12.5. The van der Waals surface area contributed by atoms with E-state index < -0.39 is 47.2 Å². The van der Waals surface area contributed by atoms with Gasteiger partial charge >= 0.3 is 7.12 Å². The van der Waals surface area contributed by atoms with Crippen LogP contribution in [0.1, 0.15) is 98.1 Å². The van der Waals surface area contributed by atoms with Crippen LogP contribution in [-0.4, -0.2) is 46.5 Å². The van der Waals surface area contributed by atoms with Gasteiger partial charge in [-0.3, -0.25) is 9.59 Å². The molecular weight excluding hydrogens is 619 g/mol. The molecule has 1 aliphatic heterocycles. The second-order valence-electron chi connectivity index (χ2n) is 17.4. The highest BCUT2D eigenvalue weighted by atomic mass is 28.4. The van der Waals surface area contributed by atoms with Crippen LogP contribution in [0, 0.1) is 0 Å². The highest BCUT2D eigenvalue weighted by molar-refractivity contribution is 6.74. The van der Waals surface area contributed by atoms with Crippen LogP contribution in [0.15, 0.2) is 54.6 Å². The number of benzene rings is 2. The van der Waals surface area contributed by atoms with Crippen molar-refractivity contribution in [3.8, 4) is 11.1 Å². The lowest BCUT2D eigenvalue weighted by molar-refractivity contribution is -0.113. The van der Waals surface area contributed by atoms with Gasteiger partial charge in [0.2, 0.25) is 0 Å². The molecule has 0 saturated carbocycles. The monoisotopic (exact) mass is 672 g/mol. The molecule has 9 heteroatoms. The van der Waals surface area contributed by atoms with Crippen molar-refractivity contribution in [2.75, 3.05) is 0 Å². The minimum absolute atomic E-state index is 0.0593. The third kappa shape index (κ3) is 6.28. The SMILES string of the molecule is CC1(C)OB(c2ccc3c(c2C2=CC(=O)C=CC2=O)C(O[Si](C)(C)C(C)(C)C)C(O[Si](C)(C)C(C)(C)C)c2ccccc2-3)OC1(C)C. The summed E-state index contributed by atoms with van der Waals surface area (Å²) in [6.07, 6.45) is 3.17. The van der Waals surface area contributed by atoms with Crippen LogP contribution < -0.4 is 5.46 Å². The Morgan fingerprint density at radius 1 is 0.723 bits per heavy atom. The average molecular weight is 673 g/mol. The Morgan fingerprint density at radius 3 is 1.81 bits per heavy atom. The van der Waals surface area contributed by atoms with E-state index >= 15 is 0 Å². The van der Waals surface area contributed by atoms with Crippen LogP contribution in [0.5, 0.6) is 0 Å². The van der Waals surface area contributed by atoms with Crippen LogP contribution in [-0.2, 0) is 27.7 Å². The van der Waals surface area contributed by atoms with E-state index in [2.05, 4.69) is 92.0 Å². The summed E-state index contributed by atoms with van der Waals surface area (Å²) < 4.78 is 28.2. The first kappa shape index (κ1) is 35.9. The van der Waals surface area contributed by atoms with E-state index in [4.69, 9.17) is 18.2 Å². The second kappa shape index (κ2) is 11.6. The lowest BCUT2D eigenvalue weighted by Gasteiger charge is -2.48. The van der Waals surface area contributed by atoms with Gasteiger partial charge in [0.1, 0.15) is 12.2 Å². The minimum Gasteiger partial charge on any atom is -0.407 e. The maximum absolute atomic E-state index is 13.8. The molecule has 1 heterocycles. The molecule has 0 aromatic heterocycles. The summed E-state index contributed by atoms with van der Waals surface area (Å²) in [5.41, 5.74) is 4.39. The average Bonchev–Trinajstić information content (AvgIpc) is 3.15. The maximum atomic E-state index is 13.8. The van der Waals surface area contributed by atoms with Gasteiger partial charge < -0.3 is 18.2 Å². The van der Waals surface area contributed by atoms with Crippen molar-refractivity contribution in [1.82, 2.24) is 0 Å². The molecule has 6 nitrogen and oxygen atoms in total. The number of allylic oxidation sites excluding steroid dienone is 4. The third-order valence-corrected chi connectivity index (χ3v) is 20.5. The molecule has 3 aliphatic rings. The maximum Gasteiger partial charge on any atom is 0.495 e. The van der Waals surface area contributed by atoms with Crippen molar-refractivity contribution in [1.29, 1.82) is 0 Å². The van der Waals surface area contributed by atoms with Gasteiger partial charge in [-0.15, -0.1) is 0 Å². The van der Waals surface area contributed by atoms with Gasteiger partial charge in [0.25, 0.3) is 0 Å². The summed E-state index contributed by atoms with van der Waals surface area (Å²) in [6.45, 7) is 30.6. The first-order valence-corrected chi connectivity index (χ1v) is 22.7. The van der Waals surface area contributed by atoms with Crippen molar-refractivity contribution in [3.63, 3.8) is 0 Å². The van der Waals surface area contributed by atoms with E-state index in [9.17, 15) is 9.59 Å². The van der Waals surface area contributed by atoms with Gasteiger partial charge in [0.15, 0.2) is 28.2 Å². The molecule has 0 N–H and O–H groups in total. The molecule has 0 spiro atoms. The molecule has 1 saturated heterocycles. The molecule has 1 fully saturated rings. The molecule has 2 aromatic rings. The quantitative estimate of drug-likeness (QED) is 0.226. The number of hydrogen-bond donors (Lipinski definition) is 0. The largest absolute Gasteiger partial charge is 0.495 e. The molecular formula is C38H53BO6Si2. The Balaban J connectivity index is 1.89. The van der Waals surface area contributed by atoms with Crippen molar-refractivity contribution >= 4 is 46.4 Å². The molecule has 2 aliphatic carbocycles. The van der Waals surface area contributed by atoms with Crippen molar-refractivity contribution < 1.29 is 27.7 Å². The Bertz CT molecular complexity index is 1660. The van der Waals surface area contributed by atoms with Gasteiger partial charge in [-0.05, 0) is 115 Å². The molecule has 2 atom stereocenters. The Hall–Kier alpha value is -2.40. The highest BCUT2D eigenvalue weighted by Gasteiger charge is 2.54. The summed E-state index contributed by atoms with van der Waals surface area (Å²) in [5, 5.41) is -0.163. The summed E-state index contributed by atoms with van der Waals surface area (Å²) in [7, 11) is -5.58. The Kier molecular flexibility index (Phi) is 8.86. The van der Waals surface area contributed by atoms with Gasteiger partial charge in [0, 0.05) is 5.57 Å². The lowest BCUT2D eigenvalue weighted by Crippen LogP contribution is -2.48. The van der Waals surface area contributed by atoms with E-state index in [1.165, 1.54) is 18.2 Å².